The SMILES string of the molecule is O=C(NCCc1ccccc1)c1cc(NCCc2ccc(Cl)cc2)ccn1. The van der Waals surface area contributed by atoms with Crippen LogP contribution in [0.5, 0.6) is 0 Å². The fraction of sp³-hybridized carbons (Fsp3) is 0.182. The van der Waals surface area contributed by atoms with Crippen molar-refractivity contribution in [1.82, 2.24) is 10.3 Å². The van der Waals surface area contributed by atoms with Gasteiger partial charge in [-0.2, -0.15) is 0 Å². The summed E-state index contributed by atoms with van der Waals surface area (Å²) < 4.78 is 0. The zero-order valence-electron chi connectivity index (χ0n) is 15.0. The molecular weight excluding hydrogens is 358 g/mol. The van der Waals surface area contributed by atoms with Crippen LogP contribution in [0.1, 0.15) is 21.6 Å². The summed E-state index contributed by atoms with van der Waals surface area (Å²) in [7, 11) is 0. The van der Waals surface area contributed by atoms with Gasteiger partial charge in [-0.25, -0.2) is 0 Å². The van der Waals surface area contributed by atoms with E-state index in [2.05, 4.69) is 27.8 Å². The van der Waals surface area contributed by atoms with Crippen LogP contribution < -0.4 is 10.6 Å². The number of nitrogens with zero attached hydrogens (tertiary/aromatic N) is 1. The van der Waals surface area contributed by atoms with Gasteiger partial charge in [-0.3, -0.25) is 9.78 Å². The van der Waals surface area contributed by atoms with Gasteiger partial charge in [0.1, 0.15) is 5.69 Å². The highest BCUT2D eigenvalue weighted by atomic mass is 35.5. The van der Waals surface area contributed by atoms with E-state index in [-0.39, 0.29) is 5.91 Å². The quantitative estimate of drug-likeness (QED) is 0.611. The Morgan fingerprint density at radius 3 is 2.37 bits per heavy atom. The lowest BCUT2D eigenvalue weighted by atomic mass is 10.1. The zero-order chi connectivity index (χ0) is 18.9. The summed E-state index contributed by atoms with van der Waals surface area (Å²) in [6.45, 7) is 1.35. The van der Waals surface area contributed by atoms with Gasteiger partial charge in [0.15, 0.2) is 0 Å². The number of hydrogen-bond donors (Lipinski definition) is 2. The van der Waals surface area contributed by atoms with Crippen molar-refractivity contribution in [3.8, 4) is 0 Å². The number of benzene rings is 2. The van der Waals surface area contributed by atoms with E-state index in [1.54, 1.807) is 12.3 Å². The van der Waals surface area contributed by atoms with E-state index in [0.717, 1.165) is 30.1 Å². The summed E-state index contributed by atoms with van der Waals surface area (Å²) in [6.07, 6.45) is 3.32. The topological polar surface area (TPSA) is 54.0 Å². The van der Waals surface area contributed by atoms with Gasteiger partial charge in [-0.15, -0.1) is 0 Å². The molecule has 1 heterocycles. The standard InChI is InChI=1S/C22H22ClN3O/c23-19-8-6-18(7-9-19)10-13-24-20-12-15-25-21(16-20)22(27)26-14-11-17-4-2-1-3-5-17/h1-9,12,15-16H,10-11,13-14H2,(H,24,25)(H,26,27). The predicted octanol–water partition coefficient (Wildman–Crippen LogP) is 4.36. The molecule has 3 aromatic rings. The molecule has 4 nitrogen and oxygen atoms in total. The fourth-order valence-electron chi connectivity index (χ4n) is 2.72. The summed E-state index contributed by atoms with van der Waals surface area (Å²) in [6, 6.07) is 21.5. The molecule has 0 saturated carbocycles. The van der Waals surface area contributed by atoms with Crippen molar-refractivity contribution in [3.05, 3.63) is 94.8 Å². The molecule has 0 bridgehead atoms. The number of carbonyl (C=O) groups excluding carboxylic acids is 1. The summed E-state index contributed by atoms with van der Waals surface area (Å²) in [5.74, 6) is -0.160. The van der Waals surface area contributed by atoms with Crippen molar-refractivity contribution in [2.45, 2.75) is 12.8 Å². The van der Waals surface area contributed by atoms with Crippen LogP contribution >= 0.6 is 11.6 Å². The molecule has 0 saturated heterocycles. The first-order valence-electron chi connectivity index (χ1n) is 8.97. The van der Waals surface area contributed by atoms with Gasteiger partial charge in [0.2, 0.25) is 0 Å². The van der Waals surface area contributed by atoms with E-state index >= 15 is 0 Å². The molecular formula is C22H22ClN3O. The van der Waals surface area contributed by atoms with Crippen LogP contribution in [0.3, 0.4) is 0 Å². The first-order valence-corrected chi connectivity index (χ1v) is 9.35. The summed E-state index contributed by atoms with van der Waals surface area (Å²) in [4.78, 5) is 16.5. The molecule has 0 unspecified atom stereocenters. The van der Waals surface area contributed by atoms with E-state index < -0.39 is 0 Å². The third-order valence-electron chi connectivity index (χ3n) is 4.19. The van der Waals surface area contributed by atoms with Crippen LogP contribution in [0.15, 0.2) is 72.9 Å². The maximum absolute atomic E-state index is 12.3. The second kappa shape index (κ2) is 9.74. The number of anilines is 1. The maximum Gasteiger partial charge on any atom is 0.269 e. The molecule has 0 aliphatic rings. The fourth-order valence-corrected chi connectivity index (χ4v) is 2.85. The molecule has 5 heteroatoms. The van der Waals surface area contributed by atoms with Crippen molar-refractivity contribution in [3.63, 3.8) is 0 Å². The molecule has 27 heavy (non-hydrogen) atoms. The first-order chi connectivity index (χ1) is 13.2. The highest BCUT2D eigenvalue weighted by Crippen LogP contribution is 2.11. The Bertz CT molecular complexity index is 866. The lowest BCUT2D eigenvalue weighted by molar-refractivity contribution is 0.0949. The number of nitrogens with one attached hydrogen (secondary N) is 2. The average Bonchev–Trinajstić information content (AvgIpc) is 2.70. The molecule has 0 atom stereocenters. The molecule has 2 N–H and O–H groups in total. The Labute approximate surface area is 164 Å². The van der Waals surface area contributed by atoms with Crippen molar-refractivity contribution in [1.29, 1.82) is 0 Å². The van der Waals surface area contributed by atoms with Crippen LogP contribution in [-0.2, 0) is 12.8 Å². The number of rotatable bonds is 8. The van der Waals surface area contributed by atoms with Gasteiger partial charge in [-0.1, -0.05) is 54.1 Å². The second-order valence-electron chi connectivity index (χ2n) is 6.22. The normalized spacial score (nSPS) is 10.4. The molecule has 0 spiro atoms. The molecule has 2 aromatic carbocycles. The first kappa shape index (κ1) is 18.9. The van der Waals surface area contributed by atoms with E-state index in [4.69, 9.17) is 11.6 Å². The van der Waals surface area contributed by atoms with Crippen LogP contribution in [0.2, 0.25) is 5.02 Å². The minimum atomic E-state index is -0.160. The van der Waals surface area contributed by atoms with Crippen molar-refractivity contribution >= 4 is 23.2 Å². The van der Waals surface area contributed by atoms with E-state index in [0.29, 0.717) is 12.2 Å². The number of carbonyl (C=O) groups is 1. The Kier molecular flexibility index (Phi) is 6.83. The number of hydrogen-bond acceptors (Lipinski definition) is 3. The van der Waals surface area contributed by atoms with Gasteiger partial charge >= 0.3 is 0 Å². The van der Waals surface area contributed by atoms with Crippen LogP contribution in [0.25, 0.3) is 0 Å². The lowest BCUT2D eigenvalue weighted by Crippen LogP contribution is -2.26. The molecule has 3 rings (SSSR count). The summed E-state index contributed by atoms with van der Waals surface area (Å²) >= 11 is 5.90. The number of halogens is 1. The molecule has 0 radical (unpaired) electrons. The minimum absolute atomic E-state index is 0.160. The van der Waals surface area contributed by atoms with Crippen molar-refractivity contribution in [2.24, 2.45) is 0 Å². The largest absolute Gasteiger partial charge is 0.385 e. The Hall–Kier alpha value is -2.85. The van der Waals surface area contributed by atoms with Gasteiger partial charge in [-0.05, 0) is 48.2 Å². The predicted molar refractivity (Wildman–Crippen MR) is 110 cm³/mol. The van der Waals surface area contributed by atoms with Gasteiger partial charge in [0.05, 0.1) is 0 Å². The summed E-state index contributed by atoms with van der Waals surface area (Å²) in [5, 5.41) is 6.99. The number of pyridine rings is 1. The molecule has 0 fully saturated rings. The van der Waals surface area contributed by atoms with Gasteiger partial charge < -0.3 is 10.6 Å². The Balaban J connectivity index is 1.47. The van der Waals surface area contributed by atoms with Gasteiger partial charge in [0.25, 0.3) is 5.91 Å². The van der Waals surface area contributed by atoms with Crippen molar-refractivity contribution in [2.75, 3.05) is 18.4 Å². The lowest BCUT2D eigenvalue weighted by Gasteiger charge is -2.09. The zero-order valence-corrected chi connectivity index (χ0v) is 15.7. The average molecular weight is 380 g/mol. The molecule has 0 aliphatic heterocycles. The minimum Gasteiger partial charge on any atom is -0.385 e. The number of amides is 1. The second-order valence-corrected chi connectivity index (χ2v) is 6.66. The molecule has 138 valence electrons. The van der Waals surface area contributed by atoms with Crippen molar-refractivity contribution < 1.29 is 4.79 Å². The van der Waals surface area contributed by atoms with Crippen LogP contribution in [-0.4, -0.2) is 24.0 Å². The maximum atomic E-state index is 12.3. The smallest absolute Gasteiger partial charge is 0.269 e. The Morgan fingerprint density at radius 1 is 0.889 bits per heavy atom. The van der Waals surface area contributed by atoms with E-state index in [1.165, 1.54) is 11.1 Å². The van der Waals surface area contributed by atoms with Crippen LogP contribution in [0.4, 0.5) is 5.69 Å². The number of aromatic nitrogens is 1. The molecule has 1 amide bonds. The molecule has 1 aromatic heterocycles. The van der Waals surface area contributed by atoms with E-state index in [9.17, 15) is 4.79 Å². The monoisotopic (exact) mass is 379 g/mol. The molecule has 0 aliphatic carbocycles. The Morgan fingerprint density at radius 2 is 1.59 bits per heavy atom. The highest BCUT2D eigenvalue weighted by molar-refractivity contribution is 6.30. The van der Waals surface area contributed by atoms with Gasteiger partial charge in [0, 0.05) is 30.0 Å². The van der Waals surface area contributed by atoms with Crippen LogP contribution in [0, 0.1) is 0 Å². The highest BCUT2D eigenvalue weighted by Gasteiger charge is 2.07. The van der Waals surface area contributed by atoms with E-state index in [1.807, 2.05) is 48.5 Å². The third kappa shape index (κ3) is 6.12. The summed E-state index contributed by atoms with van der Waals surface area (Å²) in [5.41, 5.74) is 3.70. The third-order valence-corrected chi connectivity index (χ3v) is 4.44.